The van der Waals surface area contributed by atoms with Gasteiger partial charge in [0.25, 0.3) is 5.91 Å². The normalized spacial score (nSPS) is 14.9. The zero-order valence-corrected chi connectivity index (χ0v) is 26.8. The van der Waals surface area contributed by atoms with E-state index in [1.807, 2.05) is 18.2 Å². The first-order valence-corrected chi connectivity index (χ1v) is 16.0. The number of aromatic amines is 1. The van der Waals surface area contributed by atoms with Crippen LogP contribution in [0, 0.1) is 17.1 Å². The van der Waals surface area contributed by atoms with Crippen LogP contribution in [0.25, 0.3) is 27.7 Å². The number of ether oxygens (including phenoxy) is 1. The van der Waals surface area contributed by atoms with Gasteiger partial charge in [-0.1, -0.05) is 11.3 Å². The summed E-state index contributed by atoms with van der Waals surface area (Å²) in [6.07, 6.45) is 9.20. The Hall–Kier alpha value is -6.10. The van der Waals surface area contributed by atoms with Crippen molar-refractivity contribution in [3.8, 4) is 23.1 Å². The second-order valence-electron chi connectivity index (χ2n) is 11.9. The molecule has 0 saturated carbocycles. The van der Waals surface area contributed by atoms with E-state index in [1.165, 1.54) is 6.20 Å². The molecule has 1 aromatic carbocycles. The molecule has 2 aliphatic heterocycles. The molecule has 1 fully saturated rings. The van der Waals surface area contributed by atoms with E-state index in [9.17, 15) is 14.9 Å². The number of anilines is 1. The van der Waals surface area contributed by atoms with Gasteiger partial charge >= 0.3 is 0 Å². The third kappa shape index (κ3) is 6.30. The van der Waals surface area contributed by atoms with E-state index in [4.69, 9.17) is 4.74 Å². The van der Waals surface area contributed by atoms with Crippen LogP contribution in [0.5, 0.6) is 5.75 Å². The maximum absolute atomic E-state index is 16.6. The number of hydrogen-bond acceptors (Lipinski definition) is 9. The van der Waals surface area contributed by atoms with E-state index in [0.29, 0.717) is 84.8 Å². The van der Waals surface area contributed by atoms with Crippen molar-refractivity contribution in [3.05, 3.63) is 89.9 Å². The summed E-state index contributed by atoms with van der Waals surface area (Å²) in [5, 5.41) is 17.5. The minimum atomic E-state index is -0.512. The van der Waals surface area contributed by atoms with Gasteiger partial charge in [0.15, 0.2) is 17.4 Å². The topological polar surface area (TPSA) is 149 Å². The number of nitrogens with one attached hydrogen (secondary N) is 1. The van der Waals surface area contributed by atoms with Gasteiger partial charge in [-0.2, -0.15) is 5.26 Å². The quantitative estimate of drug-likeness (QED) is 0.262. The van der Waals surface area contributed by atoms with E-state index in [1.54, 1.807) is 64.4 Å². The molecule has 7 rings (SSSR count). The number of H-pyrrole nitrogens is 1. The smallest absolute Gasteiger partial charge is 0.270 e. The third-order valence-corrected chi connectivity index (χ3v) is 8.96. The largest absolute Gasteiger partial charge is 0.493 e. The first-order chi connectivity index (χ1) is 23.9. The van der Waals surface area contributed by atoms with Gasteiger partial charge in [-0.25, -0.2) is 9.37 Å². The van der Waals surface area contributed by atoms with E-state index < -0.39 is 5.82 Å². The van der Waals surface area contributed by atoms with Gasteiger partial charge < -0.3 is 24.4 Å². The fourth-order valence-electron chi connectivity index (χ4n) is 6.38. The molecule has 248 valence electrons. The molecule has 4 aromatic heterocycles. The number of piperazine rings is 1. The minimum absolute atomic E-state index is 0.0640. The highest BCUT2D eigenvalue weighted by atomic mass is 19.1. The Morgan fingerprint density at radius 1 is 1.04 bits per heavy atom. The van der Waals surface area contributed by atoms with E-state index in [-0.39, 0.29) is 36.0 Å². The molecule has 6 heterocycles. The second kappa shape index (κ2) is 13.6. The van der Waals surface area contributed by atoms with Crippen molar-refractivity contribution < 1.29 is 18.7 Å². The van der Waals surface area contributed by atoms with Crippen molar-refractivity contribution >= 4 is 34.1 Å². The number of hydrogen-bond donors (Lipinski definition) is 1. The van der Waals surface area contributed by atoms with Crippen LogP contribution in [0.2, 0.25) is 0 Å². The molecule has 0 atom stereocenters. The fourth-order valence-corrected chi connectivity index (χ4v) is 6.38. The zero-order valence-electron chi connectivity index (χ0n) is 26.8. The van der Waals surface area contributed by atoms with Crippen LogP contribution in [0.3, 0.4) is 0 Å². The zero-order chi connectivity index (χ0) is 33.9. The molecule has 13 nitrogen and oxygen atoms in total. The summed E-state index contributed by atoms with van der Waals surface area (Å²) in [5.41, 5.74) is 2.94. The number of halogens is 1. The van der Waals surface area contributed by atoms with Gasteiger partial charge in [0.05, 0.1) is 36.6 Å². The molecule has 0 aliphatic carbocycles. The third-order valence-electron chi connectivity index (χ3n) is 8.96. The molecule has 0 radical (unpaired) electrons. The number of fused-ring (bicyclic) bond motifs is 1. The van der Waals surface area contributed by atoms with Crippen LogP contribution in [0.15, 0.2) is 67.3 Å². The minimum Gasteiger partial charge on any atom is -0.493 e. The maximum atomic E-state index is 16.6. The summed E-state index contributed by atoms with van der Waals surface area (Å²) in [6.45, 7) is 3.15. The van der Waals surface area contributed by atoms with E-state index >= 15 is 4.39 Å². The lowest BCUT2D eigenvalue weighted by molar-refractivity contribution is -0.131. The Morgan fingerprint density at radius 3 is 2.63 bits per heavy atom. The van der Waals surface area contributed by atoms with Crippen LogP contribution >= 0.6 is 0 Å². The highest BCUT2D eigenvalue weighted by molar-refractivity contribution is 6.04. The summed E-state index contributed by atoms with van der Waals surface area (Å²) in [7, 11) is 1.60. The summed E-state index contributed by atoms with van der Waals surface area (Å²) in [4.78, 5) is 44.5. The molecule has 0 spiro atoms. The van der Waals surface area contributed by atoms with Crippen molar-refractivity contribution in [1.29, 1.82) is 5.26 Å². The Morgan fingerprint density at radius 2 is 1.90 bits per heavy atom. The van der Waals surface area contributed by atoms with Gasteiger partial charge in [0.1, 0.15) is 11.8 Å². The summed E-state index contributed by atoms with van der Waals surface area (Å²) < 4.78 is 23.6. The molecular weight excluding hydrogens is 627 g/mol. The first kappa shape index (κ1) is 31.5. The molecule has 1 saturated heterocycles. The molecule has 49 heavy (non-hydrogen) atoms. The average Bonchev–Trinajstić information content (AvgIpc) is 3.85. The number of benzene rings is 1. The van der Waals surface area contributed by atoms with Crippen LogP contribution < -0.4 is 9.64 Å². The summed E-state index contributed by atoms with van der Waals surface area (Å²) in [6, 6.07) is 12.5. The van der Waals surface area contributed by atoms with Crippen LogP contribution in [0.4, 0.5) is 10.2 Å². The van der Waals surface area contributed by atoms with Crippen molar-refractivity contribution in [2.75, 3.05) is 51.3 Å². The molecule has 2 amide bonds. The predicted molar refractivity (Wildman–Crippen MR) is 179 cm³/mol. The number of pyridine rings is 2. The molecular formula is C35H33FN10O3. The van der Waals surface area contributed by atoms with Crippen LogP contribution in [-0.4, -0.2) is 97.9 Å². The fraction of sp³-hybridized carbons (Fsp3) is 0.286. The van der Waals surface area contributed by atoms with E-state index in [0.717, 1.165) is 5.82 Å². The second-order valence-corrected chi connectivity index (χ2v) is 11.9. The number of amides is 2. The van der Waals surface area contributed by atoms with Crippen LogP contribution in [-0.2, 0) is 11.3 Å². The van der Waals surface area contributed by atoms with Crippen molar-refractivity contribution in [1.82, 2.24) is 39.7 Å². The van der Waals surface area contributed by atoms with Gasteiger partial charge in [-0.15, -0.1) is 5.10 Å². The standard InChI is InChI=1S/C35H33FN10O3/c1-49-30-5-2-9-38-34(30)43-14-16-44(17-15-43)35(48)29-19-27-26(28-7-6-23(20-37)21-39-28)18-25(32(36)33(27)41-29)24-4-3-11-45(22-24)31(47)8-12-46-13-10-40-42-46/h2,4-7,9-10,13,18-19,21,41H,3,8,11-12,14-17,22H2,1H3. The molecule has 14 heteroatoms. The van der Waals surface area contributed by atoms with Gasteiger partial charge in [0, 0.05) is 80.8 Å². The number of carbonyl (C=O) groups excluding carboxylic acids is 2. The lowest BCUT2D eigenvalue weighted by atomic mass is 9.94. The predicted octanol–water partition coefficient (Wildman–Crippen LogP) is 3.90. The highest BCUT2D eigenvalue weighted by Crippen LogP contribution is 2.36. The van der Waals surface area contributed by atoms with Crippen molar-refractivity contribution in [2.45, 2.75) is 19.4 Å². The van der Waals surface area contributed by atoms with Gasteiger partial charge in [-0.3, -0.25) is 19.3 Å². The van der Waals surface area contributed by atoms with Crippen molar-refractivity contribution in [3.63, 3.8) is 0 Å². The Balaban J connectivity index is 1.18. The Kier molecular flexibility index (Phi) is 8.72. The first-order valence-electron chi connectivity index (χ1n) is 16.0. The molecule has 2 aliphatic rings. The molecule has 1 N–H and O–H groups in total. The summed E-state index contributed by atoms with van der Waals surface area (Å²) >= 11 is 0. The molecule has 0 bridgehead atoms. The Bertz CT molecular complexity index is 2080. The number of methoxy groups -OCH3 is 1. The Labute approximate surface area is 281 Å². The molecule has 5 aromatic rings. The highest BCUT2D eigenvalue weighted by Gasteiger charge is 2.28. The van der Waals surface area contributed by atoms with Gasteiger partial charge in [0.2, 0.25) is 5.91 Å². The number of rotatable bonds is 8. The van der Waals surface area contributed by atoms with Crippen molar-refractivity contribution in [2.24, 2.45) is 0 Å². The molecule has 0 unspecified atom stereocenters. The SMILES string of the molecule is COc1cccnc1N1CCN(C(=O)c2cc3c(-c4ccc(C#N)cn4)cc(C4=CCCN(C(=O)CCn5ccnn5)C4)c(F)c3[nH]2)CC1. The van der Waals surface area contributed by atoms with Crippen LogP contribution in [0.1, 0.15) is 34.5 Å². The van der Waals surface area contributed by atoms with E-state index in [2.05, 4.69) is 36.2 Å². The number of aryl methyl sites for hydroxylation is 1. The van der Waals surface area contributed by atoms with Gasteiger partial charge in [-0.05, 0) is 48.4 Å². The number of carbonyl (C=O) groups is 2. The average molecular weight is 661 g/mol. The summed E-state index contributed by atoms with van der Waals surface area (Å²) in [5.74, 6) is 0.571. The lowest BCUT2D eigenvalue weighted by Crippen LogP contribution is -2.49. The lowest BCUT2D eigenvalue weighted by Gasteiger charge is -2.35. The number of nitrogens with zero attached hydrogens (tertiary/aromatic N) is 9. The monoisotopic (exact) mass is 660 g/mol. The number of aromatic nitrogens is 6. The maximum Gasteiger partial charge on any atom is 0.270 e. The number of nitriles is 1.